The number of nitrogens with zero attached hydrogens (tertiary/aromatic N) is 2. The molecular weight excluding hydrogens is 250 g/mol. The van der Waals surface area contributed by atoms with Crippen molar-refractivity contribution in [3.05, 3.63) is 48.3 Å². The minimum absolute atomic E-state index is 0.487. The van der Waals surface area contributed by atoms with E-state index in [0.29, 0.717) is 5.82 Å². The van der Waals surface area contributed by atoms with Crippen LogP contribution in [0, 0.1) is 6.92 Å². The first-order chi connectivity index (χ1) is 9.70. The van der Waals surface area contributed by atoms with E-state index in [9.17, 15) is 0 Å². The van der Waals surface area contributed by atoms with Crippen molar-refractivity contribution in [1.82, 2.24) is 9.97 Å². The molecule has 0 aliphatic heterocycles. The van der Waals surface area contributed by atoms with Crippen LogP contribution in [0.15, 0.2) is 42.6 Å². The number of nitrogen functional groups attached to an aromatic ring is 1. The van der Waals surface area contributed by atoms with Crippen LogP contribution >= 0.6 is 0 Å². The maximum Gasteiger partial charge on any atom is 0.140 e. The maximum absolute atomic E-state index is 6.07. The lowest BCUT2D eigenvalue weighted by atomic mass is 10.0. The molecule has 0 bridgehead atoms. The highest BCUT2D eigenvalue weighted by Crippen LogP contribution is 2.33. The number of methoxy groups -OCH3 is 1. The first kappa shape index (κ1) is 12.4. The summed E-state index contributed by atoms with van der Waals surface area (Å²) in [6, 6.07) is 11.9. The smallest absolute Gasteiger partial charge is 0.140 e. The van der Waals surface area contributed by atoms with Gasteiger partial charge in [-0.1, -0.05) is 24.3 Å². The van der Waals surface area contributed by atoms with Gasteiger partial charge in [-0.3, -0.25) is 4.98 Å². The monoisotopic (exact) mass is 265 g/mol. The van der Waals surface area contributed by atoms with E-state index in [1.54, 1.807) is 13.3 Å². The number of hydrogen-bond donors (Lipinski definition) is 1. The Morgan fingerprint density at radius 1 is 1.10 bits per heavy atom. The molecule has 4 nitrogen and oxygen atoms in total. The Balaban J connectivity index is 2.31. The van der Waals surface area contributed by atoms with E-state index in [0.717, 1.165) is 33.5 Å². The first-order valence-electron chi connectivity index (χ1n) is 6.36. The van der Waals surface area contributed by atoms with Gasteiger partial charge in [-0.25, -0.2) is 4.98 Å². The lowest BCUT2D eigenvalue weighted by Gasteiger charge is -2.11. The fourth-order valence-corrected chi connectivity index (χ4v) is 2.35. The number of aryl methyl sites for hydroxylation is 1. The maximum atomic E-state index is 6.07. The second-order valence-corrected chi connectivity index (χ2v) is 4.59. The molecule has 2 heterocycles. The van der Waals surface area contributed by atoms with Crippen molar-refractivity contribution in [3.8, 4) is 16.9 Å². The quantitative estimate of drug-likeness (QED) is 0.773. The summed E-state index contributed by atoms with van der Waals surface area (Å²) in [7, 11) is 1.63. The Morgan fingerprint density at radius 2 is 1.90 bits per heavy atom. The first-order valence-corrected chi connectivity index (χ1v) is 6.36. The van der Waals surface area contributed by atoms with E-state index in [1.807, 2.05) is 43.3 Å². The number of benzene rings is 1. The van der Waals surface area contributed by atoms with Gasteiger partial charge in [0, 0.05) is 22.7 Å². The lowest BCUT2D eigenvalue weighted by Crippen LogP contribution is -1.99. The van der Waals surface area contributed by atoms with Crippen LogP contribution in [0.1, 0.15) is 5.69 Å². The number of ether oxygens (including phenoxy) is 1. The molecule has 3 aromatic rings. The number of hydrogen-bond acceptors (Lipinski definition) is 4. The van der Waals surface area contributed by atoms with Gasteiger partial charge in [0.1, 0.15) is 11.6 Å². The number of para-hydroxylation sites is 1. The number of anilines is 1. The van der Waals surface area contributed by atoms with Crippen molar-refractivity contribution in [2.45, 2.75) is 6.92 Å². The van der Waals surface area contributed by atoms with Crippen molar-refractivity contribution in [2.24, 2.45) is 0 Å². The molecule has 0 radical (unpaired) electrons. The second-order valence-electron chi connectivity index (χ2n) is 4.59. The van der Waals surface area contributed by atoms with Crippen molar-refractivity contribution in [3.63, 3.8) is 0 Å². The topological polar surface area (TPSA) is 61.0 Å². The van der Waals surface area contributed by atoms with Gasteiger partial charge in [-0.15, -0.1) is 0 Å². The highest BCUT2D eigenvalue weighted by molar-refractivity contribution is 5.96. The Hall–Kier alpha value is -2.62. The summed E-state index contributed by atoms with van der Waals surface area (Å²) >= 11 is 0. The van der Waals surface area contributed by atoms with Crippen LogP contribution in [0.4, 0.5) is 5.82 Å². The number of fused-ring (bicyclic) bond motifs is 1. The number of aromatic nitrogens is 2. The van der Waals surface area contributed by atoms with Crippen molar-refractivity contribution >= 4 is 16.7 Å². The van der Waals surface area contributed by atoms with Crippen LogP contribution in [0.2, 0.25) is 0 Å². The van der Waals surface area contributed by atoms with E-state index < -0.39 is 0 Å². The zero-order chi connectivity index (χ0) is 14.1. The summed E-state index contributed by atoms with van der Waals surface area (Å²) in [5.74, 6) is 1.21. The van der Waals surface area contributed by atoms with Gasteiger partial charge in [0.2, 0.25) is 0 Å². The van der Waals surface area contributed by atoms with Gasteiger partial charge < -0.3 is 10.5 Å². The third-order valence-electron chi connectivity index (χ3n) is 3.34. The fraction of sp³-hybridized carbons (Fsp3) is 0.125. The molecule has 0 atom stereocenters. The summed E-state index contributed by atoms with van der Waals surface area (Å²) in [4.78, 5) is 8.80. The standard InChI is InChI=1S/C16H15N3O/c1-10-14(20-2)9-13(16(17)19-10)12-7-3-5-11-6-4-8-18-15(11)12/h3-9H,1-2H3,(H2,17,19). The van der Waals surface area contributed by atoms with Crippen LogP contribution in [0.3, 0.4) is 0 Å². The molecule has 0 unspecified atom stereocenters. The zero-order valence-electron chi connectivity index (χ0n) is 11.4. The molecule has 0 fully saturated rings. The summed E-state index contributed by atoms with van der Waals surface area (Å²) < 4.78 is 5.34. The lowest BCUT2D eigenvalue weighted by molar-refractivity contribution is 0.409. The van der Waals surface area contributed by atoms with Gasteiger partial charge in [-0.05, 0) is 19.1 Å². The van der Waals surface area contributed by atoms with E-state index in [4.69, 9.17) is 10.5 Å². The van der Waals surface area contributed by atoms with Crippen LogP contribution < -0.4 is 10.5 Å². The Labute approximate surface area is 117 Å². The number of rotatable bonds is 2. The Kier molecular flexibility index (Phi) is 2.99. The number of pyridine rings is 2. The summed E-state index contributed by atoms with van der Waals surface area (Å²) in [5, 5.41) is 1.07. The minimum atomic E-state index is 0.487. The highest BCUT2D eigenvalue weighted by Gasteiger charge is 2.12. The molecule has 1 aromatic carbocycles. The largest absolute Gasteiger partial charge is 0.495 e. The molecule has 4 heteroatoms. The molecule has 2 N–H and O–H groups in total. The molecule has 20 heavy (non-hydrogen) atoms. The van der Waals surface area contributed by atoms with Crippen LogP contribution in [0.25, 0.3) is 22.0 Å². The molecular formula is C16H15N3O. The second kappa shape index (κ2) is 4.81. The third-order valence-corrected chi connectivity index (χ3v) is 3.34. The van der Waals surface area contributed by atoms with E-state index in [1.165, 1.54) is 0 Å². The van der Waals surface area contributed by atoms with Crippen molar-refractivity contribution < 1.29 is 4.74 Å². The van der Waals surface area contributed by atoms with Crippen LogP contribution in [-0.2, 0) is 0 Å². The highest BCUT2D eigenvalue weighted by atomic mass is 16.5. The summed E-state index contributed by atoms with van der Waals surface area (Å²) in [6.45, 7) is 1.88. The van der Waals surface area contributed by atoms with Gasteiger partial charge in [0.05, 0.1) is 18.3 Å². The van der Waals surface area contributed by atoms with E-state index in [2.05, 4.69) is 9.97 Å². The number of nitrogens with two attached hydrogens (primary N) is 1. The average Bonchev–Trinajstić information content (AvgIpc) is 2.47. The minimum Gasteiger partial charge on any atom is -0.495 e. The summed E-state index contributed by atoms with van der Waals surface area (Å²) in [6.07, 6.45) is 1.78. The average molecular weight is 265 g/mol. The third kappa shape index (κ3) is 1.95. The normalized spacial score (nSPS) is 10.7. The van der Waals surface area contributed by atoms with Crippen molar-refractivity contribution in [1.29, 1.82) is 0 Å². The predicted octanol–water partition coefficient (Wildman–Crippen LogP) is 3.20. The van der Waals surface area contributed by atoms with Gasteiger partial charge in [0.25, 0.3) is 0 Å². The zero-order valence-corrected chi connectivity index (χ0v) is 11.4. The SMILES string of the molecule is COc1cc(-c2cccc3cccnc23)c(N)nc1C. The predicted molar refractivity (Wildman–Crippen MR) is 80.7 cm³/mol. The molecule has 0 spiro atoms. The Morgan fingerprint density at radius 3 is 2.70 bits per heavy atom. The molecule has 0 amide bonds. The molecule has 100 valence electrons. The molecule has 0 saturated heterocycles. The molecule has 2 aromatic heterocycles. The van der Waals surface area contributed by atoms with Gasteiger partial charge >= 0.3 is 0 Å². The molecule has 3 rings (SSSR count). The van der Waals surface area contributed by atoms with E-state index in [-0.39, 0.29) is 0 Å². The van der Waals surface area contributed by atoms with Gasteiger partial charge in [0.15, 0.2) is 0 Å². The molecule has 0 aliphatic carbocycles. The van der Waals surface area contributed by atoms with E-state index >= 15 is 0 Å². The molecule has 0 saturated carbocycles. The fourth-order valence-electron chi connectivity index (χ4n) is 2.35. The van der Waals surface area contributed by atoms with Crippen LogP contribution in [0.5, 0.6) is 5.75 Å². The Bertz CT molecular complexity index is 779. The van der Waals surface area contributed by atoms with Crippen LogP contribution in [-0.4, -0.2) is 17.1 Å². The van der Waals surface area contributed by atoms with Crippen molar-refractivity contribution in [2.75, 3.05) is 12.8 Å². The molecule has 0 aliphatic rings. The van der Waals surface area contributed by atoms with Gasteiger partial charge in [-0.2, -0.15) is 0 Å². The summed E-state index contributed by atoms with van der Waals surface area (Å²) in [5.41, 5.74) is 9.57.